The molecule has 3 heterocycles. The molecule has 8 heteroatoms. The first-order valence-corrected chi connectivity index (χ1v) is 12.0. The van der Waals surface area contributed by atoms with Gasteiger partial charge in [-0.3, -0.25) is 24.3 Å². The van der Waals surface area contributed by atoms with Crippen LogP contribution in [-0.2, 0) is 19.8 Å². The normalized spacial score (nSPS) is 21.1. The highest BCUT2D eigenvalue weighted by Crippen LogP contribution is 2.40. The molecule has 3 amide bonds. The van der Waals surface area contributed by atoms with Gasteiger partial charge in [0.2, 0.25) is 17.7 Å². The van der Waals surface area contributed by atoms with E-state index in [9.17, 15) is 14.4 Å². The summed E-state index contributed by atoms with van der Waals surface area (Å²) in [6, 6.07) is 12.9. The van der Waals surface area contributed by atoms with E-state index in [1.54, 1.807) is 18.5 Å². The van der Waals surface area contributed by atoms with E-state index in [1.165, 1.54) is 4.90 Å². The zero-order valence-corrected chi connectivity index (χ0v) is 18.8. The first kappa shape index (κ1) is 22.3. The van der Waals surface area contributed by atoms with Crippen LogP contribution >= 0.6 is 11.8 Å². The minimum Gasteiger partial charge on any atom is -0.492 e. The van der Waals surface area contributed by atoms with Gasteiger partial charge in [0.05, 0.1) is 18.2 Å². The smallest absolute Gasteiger partial charge is 0.240 e. The molecule has 2 aliphatic rings. The van der Waals surface area contributed by atoms with Crippen LogP contribution in [0.3, 0.4) is 0 Å². The van der Waals surface area contributed by atoms with E-state index in [0.29, 0.717) is 31.9 Å². The van der Waals surface area contributed by atoms with E-state index in [4.69, 9.17) is 4.74 Å². The van der Waals surface area contributed by atoms with E-state index >= 15 is 0 Å². The largest absolute Gasteiger partial charge is 0.492 e. The van der Waals surface area contributed by atoms with Crippen LogP contribution in [-0.4, -0.2) is 70.3 Å². The number of amides is 3. The molecular weight excluding hydrogens is 426 g/mol. The number of ether oxygens (including phenoxy) is 1. The van der Waals surface area contributed by atoms with Crippen LogP contribution in [0.5, 0.6) is 5.75 Å². The minimum atomic E-state index is -1.13. The Morgan fingerprint density at radius 1 is 1.09 bits per heavy atom. The van der Waals surface area contributed by atoms with E-state index < -0.39 is 5.41 Å². The Morgan fingerprint density at radius 3 is 2.59 bits per heavy atom. The van der Waals surface area contributed by atoms with Gasteiger partial charge in [0.15, 0.2) is 0 Å². The fourth-order valence-corrected chi connectivity index (χ4v) is 5.18. The summed E-state index contributed by atoms with van der Waals surface area (Å²) >= 11 is 1.83. The molecule has 1 aromatic heterocycles. The van der Waals surface area contributed by atoms with Gasteiger partial charge in [-0.1, -0.05) is 30.3 Å². The fourth-order valence-electron chi connectivity index (χ4n) is 4.28. The van der Waals surface area contributed by atoms with Crippen molar-refractivity contribution in [3.05, 3.63) is 60.4 Å². The zero-order valence-electron chi connectivity index (χ0n) is 17.9. The molecule has 1 atom stereocenters. The monoisotopic (exact) mass is 453 g/mol. The number of thioether (sulfide) groups is 1. The maximum absolute atomic E-state index is 13.6. The van der Waals surface area contributed by atoms with Crippen molar-refractivity contribution in [1.82, 2.24) is 14.8 Å². The van der Waals surface area contributed by atoms with Crippen LogP contribution in [0.2, 0.25) is 0 Å². The Balaban J connectivity index is 1.47. The Kier molecular flexibility index (Phi) is 7.09. The van der Waals surface area contributed by atoms with E-state index in [-0.39, 0.29) is 37.1 Å². The molecule has 0 spiro atoms. The Bertz CT molecular complexity index is 950. The molecule has 0 unspecified atom stereocenters. The number of benzene rings is 1. The number of carbonyl (C=O) groups is 3. The summed E-state index contributed by atoms with van der Waals surface area (Å²) in [6.07, 6.45) is 3.84. The number of likely N-dealkylation sites (tertiary alicyclic amines) is 1. The third kappa shape index (κ3) is 4.80. The molecule has 168 valence electrons. The molecule has 0 radical (unpaired) electrons. The van der Waals surface area contributed by atoms with Crippen molar-refractivity contribution in [2.45, 2.75) is 24.7 Å². The number of carbonyl (C=O) groups excluding carboxylic acids is 3. The molecule has 7 nitrogen and oxygen atoms in total. The lowest BCUT2D eigenvalue weighted by molar-refractivity contribution is -0.142. The van der Waals surface area contributed by atoms with Crippen molar-refractivity contribution in [3.8, 4) is 5.75 Å². The Morgan fingerprint density at radius 2 is 1.88 bits per heavy atom. The SMILES string of the molecule is O=C(C[C@@]1(c2ccccc2)CC(=O)N(CCCOc2cccnc2)C1=O)N1CCSCC1. The Hall–Kier alpha value is -2.87. The van der Waals surface area contributed by atoms with Gasteiger partial charge in [-0.25, -0.2) is 0 Å². The fraction of sp³-hybridized carbons (Fsp3) is 0.417. The van der Waals surface area contributed by atoms with Gasteiger partial charge >= 0.3 is 0 Å². The van der Waals surface area contributed by atoms with Gasteiger partial charge < -0.3 is 9.64 Å². The highest BCUT2D eigenvalue weighted by molar-refractivity contribution is 7.99. The predicted molar refractivity (Wildman–Crippen MR) is 122 cm³/mol. The van der Waals surface area contributed by atoms with Gasteiger partial charge in [0.25, 0.3) is 0 Å². The second-order valence-electron chi connectivity index (χ2n) is 8.04. The summed E-state index contributed by atoms with van der Waals surface area (Å²) in [5.41, 5.74) is -0.406. The number of nitrogens with zero attached hydrogens (tertiary/aromatic N) is 3. The standard InChI is InChI=1S/C24H27N3O4S/c28-21(26-11-14-32-15-12-26)16-24(19-6-2-1-3-7-19)17-22(29)27(23(24)30)10-5-13-31-20-8-4-9-25-18-20/h1-4,6-9,18H,5,10-17H2/t24-/m0/s1. The van der Waals surface area contributed by atoms with Gasteiger partial charge in [-0.15, -0.1) is 0 Å². The second kappa shape index (κ2) is 10.2. The predicted octanol–water partition coefficient (Wildman–Crippen LogP) is 2.51. The van der Waals surface area contributed by atoms with E-state index in [0.717, 1.165) is 17.1 Å². The topological polar surface area (TPSA) is 79.8 Å². The van der Waals surface area contributed by atoms with Crippen molar-refractivity contribution in [2.24, 2.45) is 0 Å². The van der Waals surface area contributed by atoms with Crippen LogP contribution in [0.1, 0.15) is 24.8 Å². The summed E-state index contributed by atoms with van der Waals surface area (Å²) in [7, 11) is 0. The van der Waals surface area contributed by atoms with Crippen molar-refractivity contribution >= 4 is 29.5 Å². The quantitative estimate of drug-likeness (QED) is 0.451. The van der Waals surface area contributed by atoms with Crippen molar-refractivity contribution in [1.29, 1.82) is 0 Å². The maximum atomic E-state index is 13.6. The molecular formula is C24H27N3O4S. The highest BCUT2D eigenvalue weighted by Gasteiger charge is 2.53. The molecule has 0 aliphatic carbocycles. The molecule has 32 heavy (non-hydrogen) atoms. The van der Waals surface area contributed by atoms with Crippen LogP contribution in [0.15, 0.2) is 54.9 Å². The third-order valence-corrected chi connectivity index (χ3v) is 6.92. The lowest BCUT2D eigenvalue weighted by Crippen LogP contribution is -2.45. The van der Waals surface area contributed by atoms with Gasteiger partial charge in [0, 0.05) is 50.2 Å². The summed E-state index contributed by atoms with van der Waals surface area (Å²) in [4.78, 5) is 46.8. The first-order valence-electron chi connectivity index (χ1n) is 10.9. The summed E-state index contributed by atoms with van der Waals surface area (Å²) in [6.45, 7) is 2.00. The van der Waals surface area contributed by atoms with Crippen molar-refractivity contribution < 1.29 is 19.1 Å². The third-order valence-electron chi connectivity index (χ3n) is 5.98. The molecule has 0 N–H and O–H groups in total. The molecule has 0 bridgehead atoms. The molecule has 0 saturated carbocycles. The van der Waals surface area contributed by atoms with Gasteiger partial charge in [0.1, 0.15) is 5.75 Å². The van der Waals surface area contributed by atoms with E-state index in [2.05, 4.69) is 4.98 Å². The molecule has 1 aromatic carbocycles. The average Bonchev–Trinajstić information content (AvgIpc) is 3.08. The van der Waals surface area contributed by atoms with Crippen LogP contribution in [0.4, 0.5) is 0 Å². The van der Waals surface area contributed by atoms with Crippen molar-refractivity contribution in [3.63, 3.8) is 0 Å². The number of hydrogen-bond acceptors (Lipinski definition) is 6. The van der Waals surface area contributed by atoms with Gasteiger partial charge in [-0.2, -0.15) is 11.8 Å². The van der Waals surface area contributed by atoms with Crippen LogP contribution in [0, 0.1) is 0 Å². The van der Waals surface area contributed by atoms with Crippen LogP contribution < -0.4 is 4.74 Å². The number of pyridine rings is 1. The Labute approximate surface area is 192 Å². The average molecular weight is 454 g/mol. The lowest BCUT2D eigenvalue weighted by atomic mass is 9.75. The number of rotatable bonds is 8. The zero-order chi connectivity index (χ0) is 22.4. The minimum absolute atomic E-state index is 0.0215. The number of aromatic nitrogens is 1. The number of imide groups is 1. The summed E-state index contributed by atoms with van der Waals surface area (Å²) in [5, 5.41) is 0. The van der Waals surface area contributed by atoms with Crippen molar-refractivity contribution in [2.75, 3.05) is 37.7 Å². The number of hydrogen-bond donors (Lipinski definition) is 0. The first-order chi connectivity index (χ1) is 15.6. The molecule has 2 aliphatic heterocycles. The maximum Gasteiger partial charge on any atom is 0.240 e. The molecule has 2 saturated heterocycles. The molecule has 2 aromatic rings. The van der Waals surface area contributed by atoms with Crippen LogP contribution in [0.25, 0.3) is 0 Å². The lowest BCUT2D eigenvalue weighted by Gasteiger charge is -2.32. The molecule has 2 fully saturated rings. The van der Waals surface area contributed by atoms with E-state index in [1.807, 2.05) is 53.1 Å². The summed E-state index contributed by atoms with van der Waals surface area (Å²) < 4.78 is 5.64. The highest BCUT2D eigenvalue weighted by atomic mass is 32.2. The molecule has 4 rings (SSSR count). The second-order valence-corrected chi connectivity index (χ2v) is 9.26. The van der Waals surface area contributed by atoms with Gasteiger partial charge in [-0.05, 0) is 24.1 Å². The summed E-state index contributed by atoms with van der Waals surface area (Å²) in [5.74, 6) is 1.88.